The molecule has 1 aromatic rings. The van der Waals surface area contributed by atoms with E-state index in [2.05, 4.69) is 10.3 Å². The fourth-order valence-corrected chi connectivity index (χ4v) is 1.95. The Balaban J connectivity index is 2.15. The Morgan fingerprint density at radius 1 is 1.71 bits per heavy atom. The second kappa shape index (κ2) is 7.37. The number of rotatable bonds is 7. The predicted octanol–water partition coefficient (Wildman–Crippen LogP) is 0.855. The van der Waals surface area contributed by atoms with Gasteiger partial charge < -0.3 is 15.2 Å². The minimum Gasteiger partial charge on any atom is -0.466 e. The molecular formula is C11H18N2O3S. The van der Waals surface area contributed by atoms with Crippen LogP contribution < -0.4 is 5.32 Å². The van der Waals surface area contributed by atoms with Crippen molar-refractivity contribution >= 4 is 17.3 Å². The van der Waals surface area contributed by atoms with Crippen molar-refractivity contribution in [3.8, 4) is 0 Å². The Morgan fingerprint density at radius 2 is 2.47 bits per heavy atom. The number of nitrogens with one attached hydrogen (secondary N) is 1. The van der Waals surface area contributed by atoms with E-state index in [0.717, 1.165) is 10.7 Å². The maximum absolute atomic E-state index is 11.1. The fourth-order valence-electron chi connectivity index (χ4n) is 1.34. The summed E-state index contributed by atoms with van der Waals surface area (Å²) in [5, 5.41) is 15.6. The van der Waals surface area contributed by atoms with Gasteiger partial charge in [0.25, 0.3) is 0 Å². The highest BCUT2D eigenvalue weighted by Crippen LogP contribution is 2.07. The molecule has 1 heterocycles. The topological polar surface area (TPSA) is 71.5 Å². The largest absolute Gasteiger partial charge is 0.466 e. The third-order valence-electron chi connectivity index (χ3n) is 2.06. The first kappa shape index (κ1) is 14.1. The number of hydrogen-bond donors (Lipinski definition) is 2. The van der Waals surface area contributed by atoms with Crippen LogP contribution in [0.3, 0.4) is 0 Å². The summed E-state index contributed by atoms with van der Waals surface area (Å²) in [7, 11) is 0. The molecule has 0 aliphatic carbocycles. The molecule has 2 N–H and O–H groups in total. The molecule has 0 bridgehead atoms. The molecule has 1 unspecified atom stereocenters. The van der Waals surface area contributed by atoms with Gasteiger partial charge in [-0.25, -0.2) is 4.98 Å². The molecule has 1 atom stereocenters. The molecule has 0 radical (unpaired) electrons. The van der Waals surface area contributed by atoms with E-state index in [4.69, 9.17) is 4.74 Å². The quantitative estimate of drug-likeness (QED) is 0.710. The molecule has 1 aromatic heterocycles. The van der Waals surface area contributed by atoms with Crippen molar-refractivity contribution in [3.05, 3.63) is 16.1 Å². The predicted molar refractivity (Wildman–Crippen MR) is 65.8 cm³/mol. The fraction of sp³-hybridized carbons (Fsp3) is 0.636. The van der Waals surface area contributed by atoms with Gasteiger partial charge in [0.15, 0.2) is 0 Å². The van der Waals surface area contributed by atoms with Gasteiger partial charge in [0.1, 0.15) is 0 Å². The van der Waals surface area contributed by atoms with Crippen molar-refractivity contribution in [1.29, 1.82) is 0 Å². The molecule has 96 valence electrons. The summed E-state index contributed by atoms with van der Waals surface area (Å²) >= 11 is 1.59. The van der Waals surface area contributed by atoms with Gasteiger partial charge in [0.2, 0.25) is 0 Å². The second-order valence-corrected chi connectivity index (χ2v) is 4.71. The van der Waals surface area contributed by atoms with Gasteiger partial charge in [-0.2, -0.15) is 0 Å². The number of hydrogen-bond acceptors (Lipinski definition) is 6. The van der Waals surface area contributed by atoms with Crippen LogP contribution in [-0.2, 0) is 16.1 Å². The normalized spacial score (nSPS) is 12.4. The van der Waals surface area contributed by atoms with Gasteiger partial charge in [-0.05, 0) is 13.8 Å². The monoisotopic (exact) mass is 258 g/mol. The summed E-state index contributed by atoms with van der Waals surface area (Å²) in [5.74, 6) is -0.369. The molecule has 0 saturated heterocycles. The van der Waals surface area contributed by atoms with Crippen LogP contribution in [0.2, 0.25) is 0 Å². The molecule has 17 heavy (non-hydrogen) atoms. The zero-order chi connectivity index (χ0) is 12.7. The number of carbonyl (C=O) groups excluding carboxylic acids is 1. The molecule has 0 saturated carbocycles. The highest BCUT2D eigenvalue weighted by molar-refractivity contribution is 7.09. The SMILES string of the molecule is CCOC(=O)CC(O)CNCc1csc(C)n1. The summed E-state index contributed by atoms with van der Waals surface area (Å²) in [5.41, 5.74) is 0.954. The first-order valence-corrected chi connectivity index (χ1v) is 6.45. The van der Waals surface area contributed by atoms with Crippen LogP contribution >= 0.6 is 11.3 Å². The van der Waals surface area contributed by atoms with E-state index < -0.39 is 6.10 Å². The Morgan fingerprint density at radius 3 is 3.06 bits per heavy atom. The van der Waals surface area contributed by atoms with Crippen LogP contribution in [0, 0.1) is 6.92 Å². The van der Waals surface area contributed by atoms with E-state index in [1.54, 1.807) is 18.3 Å². The van der Waals surface area contributed by atoms with Gasteiger partial charge in [-0.3, -0.25) is 4.79 Å². The van der Waals surface area contributed by atoms with Crippen LogP contribution in [0.5, 0.6) is 0 Å². The Bertz CT molecular complexity index is 354. The van der Waals surface area contributed by atoms with Crippen molar-refractivity contribution in [2.24, 2.45) is 0 Å². The molecule has 6 heteroatoms. The first-order chi connectivity index (χ1) is 8.11. The average molecular weight is 258 g/mol. The van der Waals surface area contributed by atoms with Gasteiger partial charge >= 0.3 is 5.97 Å². The van der Waals surface area contributed by atoms with Crippen LogP contribution in [-0.4, -0.2) is 35.3 Å². The summed E-state index contributed by atoms with van der Waals surface area (Å²) in [6, 6.07) is 0. The summed E-state index contributed by atoms with van der Waals surface area (Å²) < 4.78 is 4.74. The Hall–Kier alpha value is -0.980. The molecule has 0 amide bonds. The molecule has 0 fully saturated rings. The van der Waals surface area contributed by atoms with Crippen LogP contribution in [0.1, 0.15) is 24.0 Å². The smallest absolute Gasteiger partial charge is 0.308 e. The van der Waals surface area contributed by atoms with Crippen LogP contribution in [0.25, 0.3) is 0 Å². The molecule has 5 nitrogen and oxygen atoms in total. The van der Waals surface area contributed by atoms with Gasteiger partial charge in [0, 0.05) is 18.5 Å². The summed E-state index contributed by atoms with van der Waals surface area (Å²) in [6.45, 7) is 4.99. The zero-order valence-corrected chi connectivity index (χ0v) is 10.9. The highest BCUT2D eigenvalue weighted by atomic mass is 32.1. The number of ether oxygens (including phenoxy) is 1. The van der Waals surface area contributed by atoms with E-state index in [1.807, 2.05) is 12.3 Å². The van der Waals surface area contributed by atoms with Gasteiger partial charge in [0.05, 0.1) is 29.8 Å². The number of aliphatic hydroxyl groups is 1. The standard InChI is InChI=1S/C11H18N2O3S/c1-3-16-11(15)4-10(14)6-12-5-9-7-17-8(2)13-9/h7,10,12,14H,3-6H2,1-2H3. The van der Waals surface area contributed by atoms with Crippen molar-refractivity contribution in [1.82, 2.24) is 10.3 Å². The lowest BCUT2D eigenvalue weighted by Gasteiger charge is -2.10. The number of aliphatic hydroxyl groups excluding tert-OH is 1. The Labute approximate surface area is 105 Å². The average Bonchev–Trinajstić information content (AvgIpc) is 2.64. The van der Waals surface area contributed by atoms with E-state index >= 15 is 0 Å². The van der Waals surface area contributed by atoms with Crippen LogP contribution in [0.15, 0.2) is 5.38 Å². The molecular weight excluding hydrogens is 240 g/mol. The van der Waals surface area contributed by atoms with Gasteiger partial charge in [-0.15, -0.1) is 11.3 Å². The minimum absolute atomic E-state index is 0.0247. The summed E-state index contributed by atoms with van der Waals surface area (Å²) in [4.78, 5) is 15.3. The van der Waals surface area contributed by atoms with E-state index in [-0.39, 0.29) is 12.4 Å². The highest BCUT2D eigenvalue weighted by Gasteiger charge is 2.11. The maximum atomic E-state index is 11.1. The van der Waals surface area contributed by atoms with E-state index in [1.165, 1.54) is 0 Å². The number of carbonyl (C=O) groups is 1. The van der Waals surface area contributed by atoms with Crippen molar-refractivity contribution in [3.63, 3.8) is 0 Å². The van der Waals surface area contributed by atoms with Crippen LogP contribution in [0.4, 0.5) is 0 Å². The number of aromatic nitrogens is 1. The maximum Gasteiger partial charge on any atom is 0.308 e. The molecule has 1 rings (SSSR count). The molecule has 0 aromatic carbocycles. The zero-order valence-electron chi connectivity index (χ0n) is 10.1. The first-order valence-electron chi connectivity index (χ1n) is 5.57. The molecule has 0 aliphatic heterocycles. The van der Waals surface area contributed by atoms with E-state index in [9.17, 15) is 9.90 Å². The Kier molecular flexibility index (Phi) is 6.10. The van der Waals surface area contributed by atoms with Crippen molar-refractivity contribution < 1.29 is 14.6 Å². The number of nitrogens with zero attached hydrogens (tertiary/aromatic N) is 1. The van der Waals surface area contributed by atoms with Crippen molar-refractivity contribution in [2.45, 2.75) is 32.9 Å². The van der Waals surface area contributed by atoms with Crippen molar-refractivity contribution in [2.75, 3.05) is 13.2 Å². The van der Waals surface area contributed by atoms with Gasteiger partial charge in [-0.1, -0.05) is 0 Å². The number of esters is 1. The lowest BCUT2D eigenvalue weighted by Crippen LogP contribution is -2.29. The molecule has 0 spiro atoms. The third-order valence-corrected chi connectivity index (χ3v) is 2.88. The summed E-state index contributed by atoms with van der Waals surface area (Å²) in [6.07, 6.45) is -0.689. The van der Waals surface area contributed by atoms with E-state index in [0.29, 0.717) is 19.7 Å². The number of aryl methyl sites for hydroxylation is 1. The minimum atomic E-state index is -0.714. The lowest BCUT2D eigenvalue weighted by atomic mass is 10.2. The lowest BCUT2D eigenvalue weighted by molar-refractivity contribution is -0.145. The second-order valence-electron chi connectivity index (χ2n) is 3.65. The molecule has 0 aliphatic rings. The third kappa shape index (κ3) is 5.76. The number of thiazole rings is 1.